The molecule has 0 saturated heterocycles. The van der Waals surface area contributed by atoms with Crippen molar-refractivity contribution >= 4 is 117 Å². The minimum absolute atomic E-state index is 0.00952. The number of hydrogen-bond donors (Lipinski definition) is 23. The molecule has 0 aliphatic carbocycles. The topological polar surface area (TPSA) is 724 Å². The summed E-state index contributed by atoms with van der Waals surface area (Å²) in [6.07, 6.45) is -3.92. The molecule has 14 atom stereocenters. The average molecular weight is 1500 g/mol. The van der Waals surface area contributed by atoms with E-state index in [9.17, 15) is 106 Å². The van der Waals surface area contributed by atoms with Gasteiger partial charge in [0.1, 0.15) is 66.5 Å². The maximum atomic E-state index is 14.3. The molecule has 14 amide bonds. The van der Waals surface area contributed by atoms with Crippen LogP contribution in [-0.2, 0) is 98.7 Å². The van der Waals surface area contributed by atoms with E-state index < -0.39 is 266 Å². The summed E-state index contributed by atoms with van der Waals surface area (Å²) in [7, 11) is -1.63. The molecular formula is C60H100N20O23S. The Morgan fingerprint density at radius 3 is 1.41 bits per heavy atom. The molecule has 0 bridgehead atoms. The van der Waals surface area contributed by atoms with Gasteiger partial charge in [-0.25, -0.2) is 9.78 Å². The molecule has 104 heavy (non-hydrogen) atoms. The van der Waals surface area contributed by atoms with Crippen molar-refractivity contribution in [2.24, 2.45) is 45.5 Å². The summed E-state index contributed by atoms with van der Waals surface area (Å²) in [6.45, 7) is 6.67. The van der Waals surface area contributed by atoms with E-state index in [2.05, 4.69) is 78.8 Å². The molecule has 1 aromatic rings. The molecule has 0 spiro atoms. The Morgan fingerprint density at radius 2 is 0.962 bits per heavy atom. The molecule has 0 saturated carbocycles. The second-order valence-electron chi connectivity index (χ2n) is 24.9. The first kappa shape index (κ1) is 91.5. The zero-order chi connectivity index (χ0) is 79.2. The first-order valence-electron chi connectivity index (χ1n) is 32.8. The third-order valence-corrected chi connectivity index (χ3v) is 15.9. The van der Waals surface area contributed by atoms with Crippen molar-refractivity contribution in [2.45, 2.75) is 204 Å². The fourth-order valence-electron chi connectivity index (χ4n) is 9.38. The van der Waals surface area contributed by atoms with Crippen molar-refractivity contribution in [1.82, 2.24) is 73.8 Å². The summed E-state index contributed by atoms with van der Waals surface area (Å²) in [5.41, 5.74) is 27.4. The van der Waals surface area contributed by atoms with Gasteiger partial charge in [0, 0.05) is 73.3 Å². The van der Waals surface area contributed by atoms with Crippen LogP contribution in [0.4, 0.5) is 0 Å². The van der Waals surface area contributed by atoms with Gasteiger partial charge < -0.3 is 123 Å². The van der Waals surface area contributed by atoms with Gasteiger partial charge >= 0.3 is 17.9 Å². The largest absolute Gasteiger partial charge is 0.481 e. The maximum Gasteiger partial charge on any atom is 0.326 e. The standard InChI is InChI=1S/C60H100N20O23S/c1-27(2)21-38(54(96)73-33(11-14-41(62)83)50(92)74-36(18-20-104(7)103)53(95)78-40(25-81)56(98)76-37(59(101)102)9-8-19-67-60(64)65)77-52(94)34(12-15-42(63)84)72-51(93)35(13-17-45(88)89)75-58(100)47(30(6)82)80-55(97)39(22-31-23-66-26-69-31)71-43(85)24-68-48(90)29(5)70-57(99)46(28(3)4)79-49(91)32(61)10-16-44(86)87/h23,26-30,32-40,46-47,81-82H,8-22,24-25,61H2,1-7H3,(H2,62,83)(H2,63,84)(H,66,69)(H,68,90)(H,70,99)(H,71,85)(H,72,93)(H,73,96)(H,74,92)(H,75,100)(H,76,98)(H,77,94)(H,78,95)(H,79,91)(H,80,97)(H,86,87)(H,88,89)(H,101,102)(H4,64,65,67)/t29-,30+,32-,33-,34-,35-,36-,37-,38-,39-,40-,46-,47-,104?/m0/s1. The maximum absolute atomic E-state index is 14.3. The van der Waals surface area contributed by atoms with Crippen molar-refractivity contribution in [2.75, 3.05) is 31.7 Å². The fourth-order valence-corrected chi connectivity index (χ4v) is 9.95. The van der Waals surface area contributed by atoms with Gasteiger partial charge in [-0.05, 0) is 77.0 Å². The normalized spacial score (nSPS) is 15.1. The Morgan fingerprint density at radius 1 is 0.519 bits per heavy atom. The molecule has 1 aromatic heterocycles. The van der Waals surface area contributed by atoms with Crippen LogP contribution in [0.1, 0.15) is 124 Å². The van der Waals surface area contributed by atoms with Crippen molar-refractivity contribution in [3.05, 3.63) is 18.2 Å². The van der Waals surface area contributed by atoms with Gasteiger partial charge in [-0.15, -0.1) is 0 Å². The number of amides is 14. The summed E-state index contributed by atoms with van der Waals surface area (Å²) in [5, 5.41) is 77.1. The lowest BCUT2D eigenvalue weighted by atomic mass is 10.0. The van der Waals surface area contributed by atoms with Crippen LogP contribution >= 0.6 is 0 Å². The van der Waals surface area contributed by atoms with E-state index in [1.54, 1.807) is 27.7 Å². The van der Waals surface area contributed by atoms with Crippen molar-refractivity contribution in [3.8, 4) is 0 Å². The Kier molecular flexibility index (Phi) is 41.3. The number of aliphatic imine (C=N–C) groups is 1. The highest BCUT2D eigenvalue weighted by Crippen LogP contribution is 2.13. The number of carbonyl (C=O) groups excluding carboxylic acids is 14. The molecule has 0 aliphatic rings. The molecule has 0 fully saturated rings. The van der Waals surface area contributed by atoms with Crippen LogP contribution in [0.2, 0.25) is 0 Å². The summed E-state index contributed by atoms with van der Waals surface area (Å²) >= 11 is 0. The van der Waals surface area contributed by atoms with Gasteiger partial charge in [-0.1, -0.05) is 27.7 Å². The predicted octanol–water partition coefficient (Wildman–Crippen LogP) is -10.0. The van der Waals surface area contributed by atoms with E-state index in [0.29, 0.717) is 0 Å². The van der Waals surface area contributed by atoms with Gasteiger partial charge in [0.05, 0.1) is 31.6 Å². The number of primary amides is 2. The number of carbonyl (C=O) groups is 17. The second kappa shape index (κ2) is 46.9. The van der Waals surface area contributed by atoms with Crippen molar-refractivity contribution < 1.29 is 111 Å². The van der Waals surface area contributed by atoms with Crippen molar-refractivity contribution in [3.63, 3.8) is 0 Å². The van der Waals surface area contributed by atoms with Gasteiger partial charge in [0.15, 0.2) is 5.96 Å². The first-order valence-corrected chi connectivity index (χ1v) is 34.5. The highest BCUT2D eigenvalue weighted by molar-refractivity contribution is 7.84. The number of nitrogens with zero attached hydrogens (tertiary/aromatic N) is 2. The molecule has 0 radical (unpaired) electrons. The van der Waals surface area contributed by atoms with Crippen LogP contribution < -0.4 is 92.5 Å². The van der Waals surface area contributed by atoms with Crippen LogP contribution in [0.25, 0.3) is 0 Å². The molecule has 44 heteroatoms. The molecule has 0 aromatic carbocycles. The number of aromatic amines is 1. The Labute approximate surface area is 599 Å². The molecule has 28 N–H and O–H groups in total. The number of aliphatic carboxylic acids is 3. The van der Waals surface area contributed by atoms with Gasteiger partial charge in [-0.3, -0.25) is 85.9 Å². The number of imidazole rings is 1. The van der Waals surface area contributed by atoms with E-state index in [-0.39, 0.29) is 56.1 Å². The number of carboxylic acids is 3. The number of carboxylic acid groups (broad SMARTS) is 3. The Bertz CT molecular complexity index is 3210. The van der Waals surface area contributed by atoms with Crippen LogP contribution in [0, 0.1) is 11.8 Å². The SMILES string of the molecule is CC(C)C[C@H](NC(=O)[C@H](CCC(N)=O)NC(=O)[C@H](CCC(=O)O)NC(=O)[C@@H](NC(=O)[C@H](Cc1cnc[nH]1)NC(=O)CNC(=O)[C@H](C)NC(=O)[C@@H](NC(=O)[C@@H](N)CCC(=O)O)C(C)C)[C@@H](C)O)C(=O)N[C@@H](CCC(N)=O)C(=O)N[C@@H](CCS(C)=O)C(=O)N[C@@H](CO)C(=O)N[C@@H](CCCN=C(N)N)C(=O)O. The van der Waals surface area contributed by atoms with E-state index in [4.69, 9.17) is 33.8 Å². The number of rotatable bonds is 51. The number of H-pyrrole nitrogens is 1. The number of nitrogens with two attached hydrogens (primary N) is 5. The fraction of sp³-hybridized carbons (Fsp3) is 0.650. The minimum Gasteiger partial charge on any atom is -0.481 e. The number of aliphatic hydroxyl groups is 2. The number of nitrogens with one attached hydrogen (secondary N) is 13. The molecule has 0 aliphatic heterocycles. The first-order chi connectivity index (χ1) is 48.6. The lowest BCUT2D eigenvalue weighted by Gasteiger charge is -2.29. The number of hydrogen-bond acceptors (Lipinski definition) is 23. The average Bonchev–Trinajstić information content (AvgIpc) is 0.975. The van der Waals surface area contributed by atoms with Gasteiger partial charge in [0.2, 0.25) is 82.7 Å². The molecule has 1 rings (SSSR count). The molecule has 1 heterocycles. The monoisotopic (exact) mass is 1500 g/mol. The highest BCUT2D eigenvalue weighted by atomic mass is 32.2. The van der Waals surface area contributed by atoms with Crippen LogP contribution in [0.5, 0.6) is 0 Å². The van der Waals surface area contributed by atoms with E-state index in [0.717, 1.165) is 6.92 Å². The lowest BCUT2D eigenvalue weighted by molar-refractivity contribution is -0.143. The van der Waals surface area contributed by atoms with Gasteiger partial charge in [-0.2, -0.15) is 0 Å². The molecular weight excluding hydrogens is 1400 g/mol. The van der Waals surface area contributed by atoms with E-state index in [1.807, 2.05) is 0 Å². The summed E-state index contributed by atoms with van der Waals surface area (Å²) < 4.78 is 12.3. The third kappa shape index (κ3) is 36.4. The minimum atomic E-state index is -2.02. The predicted molar refractivity (Wildman–Crippen MR) is 365 cm³/mol. The summed E-state index contributed by atoms with van der Waals surface area (Å²) in [6, 6.07) is -19.9. The molecule has 584 valence electrons. The zero-order valence-corrected chi connectivity index (χ0v) is 59.4. The van der Waals surface area contributed by atoms with Crippen LogP contribution in [-0.4, -0.2) is 257 Å². The Hall–Kier alpha value is -10.5. The third-order valence-electron chi connectivity index (χ3n) is 15.1. The smallest absolute Gasteiger partial charge is 0.326 e. The highest BCUT2D eigenvalue weighted by Gasteiger charge is 2.38. The number of aliphatic hydroxyl groups excluding tert-OH is 2. The summed E-state index contributed by atoms with van der Waals surface area (Å²) in [5.74, 6) is -21.1. The van der Waals surface area contributed by atoms with Crippen LogP contribution in [0.15, 0.2) is 17.5 Å². The molecule has 43 nitrogen and oxygen atoms in total. The van der Waals surface area contributed by atoms with Crippen LogP contribution in [0.3, 0.4) is 0 Å². The quantitative estimate of drug-likeness (QED) is 0.0164. The summed E-state index contributed by atoms with van der Waals surface area (Å²) in [4.78, 5) is 234. The zero-order valence-electron chi connectivity index (χ0n) is 58.6. The van der Waals surface area contributed by atoms with E-state index in [1.165, 1.54) is 25.7 Å². The number of aromatic nitrogens is 2. The van der Waals surface area contributed by atoms with Crippen molar-refractivity contribution in [1.29, 1.82) is 0 Å². The van der Waals surface area contributed by atoms with Gasteiger partial charge in [0.25, 0.3) is 0 Å². The Balaban J connectivity index is 3.54. The lowest BCUT2D eigenvalue weighted by Crippen LogP contribution is -2.62. The second-order valence-corrected chi connectivity index (χ2v) is 26.4. The molecule has 1 unspecified atom stereocenters. The van der Waals surface area contributed by atoms with E-state index >= 15 is 0 Å². The number of guanidine groups is 1.